The summed E-state index contributed by atoms with van der Waals surface area (Å²) in [6.45, 7) is 2.64. The zero-order chi connectivity index (χ0) is 17.4. The van der Waals surface area contributed by atoms with Gasteiger partial charge in [-0.3, -0.25) is 9.69 Å². The molecular formula is C16H26NO6S-. The van der Waals surface area contributed by atoms with Gasteiger partial charge in [-0.1, -0.05) is 12.2 Å². The van der Waals surface area contributed by atoms with Crippen LogP contribution < -0.4 is 0 Å². The van der Waals surface area contributed by atoms with Crippen molar-refractivity contribution in [1.82, 2.24) is 4.90 Å². The van der Waals surface area contributed by atoms with E-state index in [0.717, 1.165) is 19.3 Å². The SMILES string of the molecule is O=C(CCC1C=CCCC1)OC(CN1CCOCC1)CS(=O)(=O)[O-]. The Morgan fingerprint density at radius 3 is 2.75 bits per heavy atom. The Morgan fingerprint density at radius 1 is 1.38 bits per heavy atom. The van der Waals surface area contributed by atoms with Crippen molar-refractivity contribution in [2.24, 2.45) is 5.92 Å². The van der Waals surface area contributed by atoms with Crippen molar-refractivity contribution in [3.05, 3.63) is 12.2 Å². The number of hydrogen-bond acceptors (Lipinski definition) is 7. The summed E-state index contributed by atoms with van der Waals surface area (Å²) < 4.78 is 43.7. The van der Waals surface area contributed by atoms with E-state index in [1.54, 1.807) is 0 Å². The predicted molar refractivity (Wildman–Crippen MR) is 87.4 cm³/mol. The number of morpholine rings is 1. The largest absolute Gasteiger partial charge is 0.748 e. The van der Waals surface area contributed by atoms with E-state index in [1.165, 1.54) is 0 Å². The van der Waals surface area contributed by atoms with Crippen molar-refractivity contribution >= 4 is 16.1 Å². The molecule has 0 amide bonds. The molecule has 0 aromatic rings. The van der Waals surface area contributed by atoms with E-state index in [2.05, 4.69) is 12.2 Å². The van der Waals surface area contributed by atoms with E-state index in [9.17, 15) is 17.8 Å². The molecule has 0 aromatic heterocycles. The van der Waals surface area contributed by atoms with E-state index in [4.69, 9.17) is 9.47 Å². The molecule has 2 atom stereocenters. The molecule has 2 rings (SSSR count). The van der Waals surface area contributed by atoms with Crippen molar-refractivity contribution in [2.75, 3.05) is 38.6 Å². The molecule has 0 N–H and O–H groups in total. The molecule has 0 spiro atoms. The summed E-state index contributed by atoms with van der Waals surface area (Å²) in [6, 6.07) is 0. The van der Waals surface area contributed by atoms with Crippen LogP contribution in [0.15, 0.2) is 12.2 Å². The summed E-state index contributed by atoms with van der Waals surface area (Å²) in [4.78, 5) is 14.0. The maximum Gasteiger partial charge on any atom is 0.306 e. The predicted octanol–water partition coefficient (Wildman–Crippen LogP) is 0.912. The molecule has 1 heterocycles. The van der Waals surface area contributed by atoms with Crippen molar-refractivity contribution in [3.63, 3.8) is 0 Å². The molecule has 1 aliphatic carbocycles. The quantitative estimate of drug-likeness (QED) is 0.361. The van der Waals surface area contributed by atoms with Crippen LogP contribution in [0.1, 0.15) is 32.1 Å². The second-order valence-corrected chi connectivity index (χ2v) is 7.86. The van der Waals surface area contributed by atoms with Crippen LogP contribution in [-0.2, 0) is 24.4 Å². The maximum atomic E-state index is 12.0. The minimum atomic E-state index is -4.45. The topological polar surface area (TPSA) is 96.0 Å². The van der Waals surface area contributed by atoms with E-state index >= 15 is 0 Å². The lowest BCUT2D eigenvalue weighted by Gasteiger charge is -2.30. The molecular weight excluding hydrogens is 334 g/mol. The first-order valence-electron chi connectivity index (χ1n) is 8.52. The van der Waals surface area contributed by atoms with Gasteiger partial charge in [-0.2, -0.15) is 0 Å². The normalized spacial score (nSPS) is 23.8. The zero-order valence-electron chi connectivity index (χ0n) is 13.9. The highest BCUT2D eigenvalue weighted by molar-refractivity contribution is 7.85. The molecule has 1 fully saturated rings. The average Bonchev–Trinajstić information content (AvgIpc) is 2.53. The third-order valence-electron chi connectivity index (χ3n) is 4.33. The highest BCUT2D eigenvalue weighted by Gasteiger charge is 2.23. The van der Waals surface area contributed by atoms with Gasteiger partial charge < -0.3 is 14.0 Å². The monoisotopic (exact) mass is 360 g/mol. The molecule has 7 nitrogen and oxygen atoms in total. The molecule has 24 heavy (non-hydrogen) atoms. The van der Waals surface area contributed by atoms with Crippen LogP contribution in [-0.4, -0.2) is 68.5 Å². The van der Waals surface area contributed by atoms with E-state index in [1.807, 2.05) is 4.90 Å². The molecule has 0 radical (unpaired) electrons. The number of nitrogens with zero attached hydrogens (tertiary/aromatic N) is 1. The van der Waals surface area contributed by atoms with Gasteiger partial charge in [0.25, 0.3) is 0 Å². The summed E-state index contributed by atoms with van der Waals surface area (Å²) >= 11 is 0. The van der Waals surface area contributed by atoms with E-state index in [0.29, 0.717) is 38.6 Å². The number of ether oxygens (including phenoxy) is 2. The fourth-order valence-corrected chi connectivity index (χ4v) is 3.72. The highest BCUT2D eigenvalue weighted by Crippen LogP contribution is 2.21. The first-order chi connectivity index (χ1) is 11.4. The standard InChI is InChI=1S/C16H27NO6S/c18-16(7-6-14-4-2-1-3-5-14)23-15(13-24(19,20)21)12-17-8-10-22-11-9-17/h2,4,14-15H,1,3,5-13H2,(H,19,20,21)/p-1. The van der Waals surface area contributed by atoms with Gasteiger partial charge in [-0.15, -0.1) is 0 Å². The first-order valence-corrected chi connectivity index (χ1v) is 10.1. The lowest BCUT2D eigenvalue weighted by atomic mass is 9.92. The van der Waals surface area contributed by atoms with Crippen molar-refractivity contribution in [2.45, 2.75) is 38.2 Å². The summed E-state index contributed by atoms with van der Waals surface area (Å²) in [5, 5.41) is 0. The summed E-state index contributed by atoms with van der Waals surface area (Å²) in [6.07, 6.45) is 7.57. The van der Waals surface area contributed by atoms with Crippen LogP contribution in [0.2, 0.25) is 0 Å². The molecule has 2 aliphatic rings. The number of allylic oxidation sites excluding steroid dienone is 2. The third kappa shape index (κ3) is 7.74. The van der Waals surface area contributed by atoms with E-state index < -0.39 is 27.9 Å². The van der Waals surface area contributed by atoms with Gasteiger partial charge in [-0.05, 0) is 31.6 Å². The lowest BCUT2D eigenvalue weighted by Crippen LogP contribution is -2.44. The number of carbonyl (C=O) groups excluding carboxylic acids is 1. The molecule has 1 aliphatic heterocycles. The molecule has 1 saturated heterocycles. The fourth-order valence-electron chi connectivity index (χ4n) is 3.09. The van der Waals surface area contributed by atoms with E-state index in [-0.39, 0.29) is 13.0 Å². The molecule has 138 valence electrons. The average molecular weight is 360 g/mol. The van der Waals surface area contributed by atoms with Crippen LogP contribution in [0.4, 0.5) is 0 Å². The highest BCUT2D eigenvalue weighted by atomic mass is 32.2. The van der Waals surface area contributed by atoms with Gasteiger partial charge in [0.05, 0.1) is 29.1 Å². The Kier molecular flexibility index (Phi) is 7.67. The Hall–Kier alpha value is -0.960. The second-order valence-electron chi connectivity index (χ2n) is 6.41. The van der Waals surface area contributed by atoms with Gasteiger partial charge >= 0.3 is 5.97 Å². The molecule has 0 bridgehead atoms. The second kappa shape index (κ2) is 9.50. The summed E-state index contributed by atoms with van der Waals surface area (Å²) in [7, 11) is -4.45. The lowest BCUT2D eigenvalue weighted by molar-refractivity contribution is -0.149. The number of esters is 1. The van der Waals surface area contributed by atoms with Crippen molar-refractivity contribution in [1.29, 1.82) is 0 Å². The minimum absolute atomic E-state index is 0.244. The fraction of sp³-hybridized carbons (Fsp3) is 0.812. The Balaban J connectivity index is 1.82. The van der Waals surface area contributed by atoms with Crippen LogP contribution in [0.25, 0.3) is 0 Å². The number of rotatable bonds is 8. The minimum Gasteiger partial charge on any atom is -0.748 e. The van der Waals surface area contributed by atoms with Crippen LogP contribution in [0, 0.1) is 5.92 Å². The van der Waals surface area contributed by atoms with Crippen LogP contribution in [0.3, 0.4) is 0 Å². The Labute approximate surface area is 143 Å². The van der Waals surface area contributed by atoms with Gasteiger partial charge in [0.2, 0.25) is 0 Å². The van der Waals surface area contributed by atoms with Crippen LogP contribution in [0.5, 0.6) is 0 Å². The zero-order valence-corrected chi connectivity index (χ0v) is 14.7. The molecule has 8 heteroatoms. The van der Waals surface area contributed by atoms with Crippen molar-refractivity contribution < 1.29 is 27.2 Å². The molecule has 0 aromatic carbocycles. The first kappa shape index (κ1) is 19.4. The smallest absolute Gasteiger partial charge is 0.306 e. The van der Waals surface area contributed by atoms with Crippen LogP contribution >= 0.6 is 0 Å². The van der Waals surface area contributed by atoms with Gasteiger partial charge in [0.1, 0.15) is 6.10 Å². The van der Waals surface area contributed by atoms with Gasteiger partial charge in [0.15, 0.2) is 0 Å². The molecule has 0 saturated carbocycles. The third-order valence-corrected chi connectivity index (χ3v) is 5.11. The van der Waals surface area contributed by atoms with Gasteiger partial charge in [-0.25, -0.2) is 8.42 Å². The number of carbonyl (C=O) groups is 1. The molecule has 2 unspecified atom stereocenters. The van der Waals surface area contributed by atoms with Crippen molar-refractivity contribution in [3.8, 4) is 0 Å². The summed E-state index contributed by atoms with van der Waals surface area (Å²) in [5.74, 6) is -0.734. The summed E-state index contributed by atoms with van der Waals surface area (Å²) in [5.41, 5.74) is 0. The maximum absolute atomic E-state index is 12.0. The Bertz CT molecular complexity index is 527. The Morgan fingerprint density at radius 2 is 2.12 bits per heavy atom. The number of hydrogen-bond donors (Lipinski definition) is 0. The van der Waals surface area contributed by atoms with Gasteiger partial charge in [0, 0.05) is 26.1 Å².